The third kappa shape index (κ3) is 5.09. The van der Waals surface area contributed by atoms with Crippen molar-refractivity contribution in [3.8, 4) is 11.3 Å². The van der Waals surface area contributed by atoms with Gasteiger partial charge in [-0.25, -0.2) is 4.98 Å². The zero-order valence-electron chi connectivity index (χ0n) is 11.2. The van der Waals surface area contributed by atoms with Gasteiger partial charge in [-0.1, -0.05) is 28.1 Å². The second-order valence-electron chi connectivity index (χ2n) is 4.44. The smallest absolute Gasteiger partial charge is 0.372 e. The highest BCUT2D eigenvalue weighted by Crippen LogP contribution is 2.29. The maximum Gasteiger partial charge on any atom is 0.411 e. The average Bonchev–Trinajstić information content (AvgIpc) is 2.75. The topological polar surface area (TPSA) is 22.1 Å². The Morgan fingerprint density at radius 3 is 2.76 bits per heavy atom. The molecular weight excluding hydrogens is 367 g/mol. The van der Waals surface area contributed by atoms with Crippen LogP contribution in [0, 0.1) is 6.92 Å². The van der Waals surface area contributed by atoms with Gasteiger partial charge in [0.15, 0.2) is 0 Å². The van der Waals surface area contributed by atoms with Crippen LogP contribution in [0.1, 0.15) is 9.88 Å². The zero-order chi connectivity index (χ0) is 15.5. The summed E-state index contributed by atoms with van der Waals surface area (Å²) in [6, 6.07) is 7.77. The lowest BCUT2D eigenvalue weighted by Gasteiger charge is -2.06. The van der Waals surface area contributed by atoms with E-state index in [1.54, 1.807) is 0 Å². The van der Waals surface area contributed by atoms with Crippen molar-refractivity contribution >= 4 is 27.3 Å². The van der Waals surface area contributed by atoms with Crippen LogP contribution in [0.5, 0.6) is 0 Å². The molecule has 7 heteroatoms. The first-order chi connectivity index (χ1) is 9.85. The van der Waals surface area contributed by atoms with Crippen LogP contribution in [0.15, 0.2) is 28.7 Å². The SMILES string of the molecule is Cc1sc(CCOCC(F)(F)F)nc1-c1cccc(Br)c1. The summed E-state index contributed by atoms with van der Waals surface area (Å²) in [7, 11) is 0. The molecule has 1 aromatic heterocycles. The Kier molecular flexibility index (Phi) is 5.40. The molecule has 0 amide bonds. The monoisotopic (exact) mass is 379 g/mol. The largest absolute Gasteiger partial charge is 0.411 e. The van der Waals surface area contributed by atoms with E-state index in [9.17, 15) is 13.2 Å². The molecule has 0 aliphatic carbocycles. The molecule has 1 aromatic carbocycles. The van der Waals surface area contributed by atoms with Crippen molar-refractivity contribution in [2.75, 3.05) is 13.2 Å². The van der Waals surface area contributed by atoms with Crippen molar-refractivity contribution < 1.29 is 17.9 Å². The number of hydrogen-bond donors (Lipinski definition) is 0. The predicted octanol–water partition coefficient (Wildman–Crippen LogP) is 5.00. The van der Waals surface area contributed by atoms with Gasteiger partial charge in [0.05, 0.1) is 17.3 Å². The van der Waals surface area contributed by atoms with Crippen molar-refractivity contribution in [2.45, 2.75) is 19.5 Å². The number of benzene rings is 1. The lowest BCUT2D eigenvalue weighted by atomic mass is 10.1. The van der Waals surface area contributed by atoms with Crippen LogP contribution in [0.3, 0.4) is 0 Å². The van der Waals surface area contributed by atoms with E-state index in [0.29, 0.717) is 6.42 Å². The number of nitrogens with zero attached hydrogens (tertiary/aromatic N) is 1. The van der Waals surface area contributed by atoms with Gasteiger partial charge in [-0.3, -0.25) is 0 Å². The van der Waals surface area contributed by atoms with Gasteiger partial charge in [0, 0.05) is 21.3 Å². The van der Waals surface area contributed by atoms with Gasteiger partial charge in [0.2, 0.25) is 0 Å². The first kappa shape index (κ1) is 16.5. The first-order valence-corrected chi connectivity index (χ1v) is 7.83. The molecule has 21 heavy (non-hydrogen) atoms. The molecule has 0 saturated heterocycles. The minimum absolute atomic E-state index is 0.0182. The van der Waals surface area contributed by atoms with E-state index in [1.165, 1.54) is 11.3 Å². The minimum Gasteiger partial charge on any atom is -0.372 e. The van der Waals surface area contributed by atoms with E-state index < -0.39 is 12.8 Å². The molecule has 0 fully saturated rings. The quantitative estimate of drug-likeness (QED) is 0.681. The van der Waals surface area contributed by atoms with Gasteiger partial charge < -0.3 is 4.74 Å². The molecule has 0 radical (unpaired) electrons. The zero-order valence-corrected chi connectivity index (χ0v) is 13.6. The molecule has 0 aliphatic rings. The molecule has 1 heterocycles. The van der Waals surface area contributed by atoms with Crippen LogP contribution >= 0.6 is 27.3 Å². The number of halogens is 4. The highest BCUT2D eigenvalue weighted by molar-refractivity contribution is 9.10. The standard InChI is InChI=1S/C14H13BrF3NOS/c1-9-13(10-3-2-4-11(15)7-10)19-12(21-9)5-6-20-8-14(16,17)18/h2-4,7H,5-6,8H2,1H3. The third-order valence-electron chi connectivity index (χ3n) is 2.66. The molecule has 0 spiro atoms. The van der Waals surface area contributed by atoms with E-state index in [1.807, 2.05) is 31.2 Å². The number of rotatable bonds is 5. The second-order valence-corrected chi connectivity index (χ2v) is 6.64. The summed E-state index contributed by atoms with van der Waals surface area (Å²) >= 11 is 4.90. The summed E-state index contributed by atoms with van der Waals surface area (Å²) in [5.41, 5.74) is 1.85. The fourth-order valence-electron chi connectivity index (χ4n) is 1.81. The Hall–Kier alpha value is -0.920. The van der Waals surface area contributed by atoms with E-state index in [0.717, 1.165) is 25.6 Å². The highest BCUT2D eigenvalue weighted by atomic mass is 79.9. The molecule has 0 aliphatic heterocycles. The number of hydrogen-bond acceptors (Lipinski definition) is 3. The van der Waals surface area contributed by atoms with Gasteiger partial charge in [-0.2, -0.15) is 13.2 Å². The second kappa shape index (κ2) is 6.89. The van der Waals surface area contributed by atoms with E-state index in [-0.39, 0.29) is 6.61 Å². The van der Waals surface area contributed by atoms with Crippen LogP contribution in [-0.2, 0) is 11.2 Å². The Morgan fingerprint density at radius 1 is 1.33 bits per heavy atom. The van der Waals surface area contributed by atoms with Crippen LogP contribution in [0.25, 0.3) is 11.3 Å². The lowest BCUT2D eigenvalue weighted by molar-refractivity contribution is -0.173. The number of thiazole rings is 1. The van der Waals surface area contributed by atoms with E-state index in [2.05, 4.69) is 25.7 Å². The normalized spacial score (nSPS) is 11.9. The Bertz CT molecular complexity index is 613. The molecule has 2 rings (SSSR count). The predicted molar refractivity (Wildman–Crippen MR) is 80.6 cm³/mol. The Balaban J connectivity index is 1.99. The van der Waals surface area contributed by atoms with Gasteiger partial charge in [0.25, 0.3) is 0 Å². The highest BCUT2D eigenvalue weighted by Gasteiger charge is 2.27. The molecule has 114 valence electrons. The average molecular weight is 380 g/mol. The summed E-state index contributed by atoms with van der Waals surface area (Å²) in [5, 5.41) is 0.782. The first-order valence-electron chi connectivity index (χ1n) is 6.22. The number of ether oxygens (including phenoxy) is 1. The molecule has 0 N–H and O–H groups in total. The summed E-state index contributed by atoms with van der Waals surface area (Å²) < 4.78 is 41.5. The number of aryl methyl sites for hydroxylation is 1. The minimum atomic E-state index is -4.28. The van der Waals surface area contributed by atoms with Crippen molar-refractivity contribution in [1.29, 1.82) is 0 Å². The molecule has 0 bridgehead atoms. The fourth-order valence-corrected chi connectivity index (χ4v) is 3.14. The Labute approximate surface area is 133 Å². The fraction of sp³-hybridized carbons (Fsp3) is 0.357. The van der Waals surface area contributed by atoms with Crippen LogP contribution in [0.2, 0.25) is 0 Å². The molecular formula is C14H13BrF3NOS. The van der Waals surface area contributed by atoms with Gasteiger partial charge in [-0.15, -0.1) is 11.3 Å². The summed E-state index contributed by atoms with van der Waals surface area (Å²) in [4.78, 5) is 5.53. The Morgan fingerprint density at radius 2 is 2.10 bits per heavy atom. The maximum absolute atomic E-state index is 12.0. The maximum atomic E-state index is 12.0. The van der Waals surface area contributed by atoms with Crippen LogP contribution in [0.4, 0.5) is 13.2 Å². The lowest BCUT2D eigenvalue weighted by Crippen LogP contribution is -2.17. The van der Waals surface area contributed by atoms with Crippen molar-refractivity contribution in [2.24, 2.45) is 0 Å². The van der Waals surface area contributed by atoms with E-state index >= 15 is 0 Å². The number of aromatic nitrogens is 1. The molecule has 2 aromatic rings. The summed E-state index contributed by atoms with van der Waals surface area (Å²) in [6.45, 7) is 0.758. The van der Waals surface area contributed by atoms with Gasteiger partial charge in [-0.05, 0) is 19.1 Å². The van der Waals surface area contributed by atoms with Gasteiger partial charge in [0.1, 0.15) is 6.61 Å². The number of alkyl halides is 3. The van der Waals surface area contributed by atoms with Crippen molar-refractivity contribution in [3.05, 3.63) is 38.6 Å². The molecule has 0 saturated carbocycles. The molecule has 2 nitrogen and oxygen atoms in total. The summed E-state index contributed by atoms with van der Waals surface area (Å²) in [5.74, 6) is 0. The van der Waals surface area contributed by atoms with Gasteiger partial charge >= 0.3 is 6.18 Å². The molecule has 0 unspecified atom stereocenters. The molecule has 0 atom stereocenters. The third-order valence-corrected chi connectivity index (χ3v) is 4.19. The van der Waals surface area contributed by atoms with Crippen LogP contribution in [-0.4, -0.2) is 24.4 Å². The summed E-state index contributed by atoms with van der Waals surface area (Å²) in [6.07, 6.45) is -3.89. The van der Waals surface area contributed by atoms with E-state index in [4.69, 9.17) is 0 Å². The van der Waals surface area contributed by atoms with Crippen molar-refractivity contribution in [1.82, 2.24) is 4.98 Å². The van der Waals surface area contributed by atoms with Crippen molar-refractivity contribution in [3.63, 3.8) is 0 Å². The van der Waals surface area contributed by atoms with Crippen LogP contribution < -0.4 is 0 Å².